The molecule has 0 saturated carbocycles. The number of anilines is 1. The molecule has 0 bridgehead atoms. The van der Waals surface area contributed by atoms with Crippen LogP contribution in [0.3, 0.4) is 0 Å². The van der Waals surface area contributed by atoms with Gasteiger partial charge in [0.05, 0.1) is 0 Å². The molecule has 0 atom stereocenters. The van der Waals surface area contributed by atoms with Crippen LogP contribution in [0.25, 0.3) is 0 Å². The summed E-state index contributed by atoms with van der Waals surface area (Å²) in [6.45, 7) is 10.6. The Hall–Kier alpha value is -1.09. The fourth-order valence-corrected chi connectivity index (χ4v) is 2.30. The van der Waals surface area contributed by atoms with Crippen LogP contribution in [-0.4, -0.2) is 23.1 Å². The third-order valence-corrected chi connectivity index (χ3v) is 3.26. The standard InChI is InChI=1S/C15H24N2S/c1-5-9-17(10-6-2)15(18)16-14-8-7-12(3)11-13(14)4/h7-8,11H,5-6,9-10H2,1-4H3,(H,16,18). The van der Waals surface area contributed by atoms with Crippen LogP contribution in [0.5, 0.6) is 0 Å². The van der Waals surface area contributed by atoms with Crippen LogP contribution in [0.15, 0.2) is 18.2 Å². The van der Waals surface area contributed by atoms with Crippen LogP contribution in [0.1, 0.15) is 37.8 Å². The lowest BCUT2D eigenvalue weighted by Gasteiger charge is -2.25. The SMILES string of the molecule is CCCN(CCC)C(=S)Nc1ccc(C)cc1C. The Labute approximate surface area is 116 Å². The van der Waals surface area contributed by atoms with Gasteiger partial charge in [-0.15, -0.1) is 0 Å². The van der Waals surface area contributed by atoms with Crippen molar-refractivity contribution >= 4 is 23.0 Å². The zero-order chi connectivity index (χ0) is 13.5. The van der Waals surface area contributed by atoms with Crippen LogP contribution in [0.2, 0.25) is 0 Å². The quantitative estimate of drug-likeness (QED) is 0.805. The van der Waals surface area contributed by atoms with Gasteiger partial charge in [-0.1, -0.05) is 31.5 Å². The number of thiocarbonyl (C=S) groups is 1. The van der Waals surface area contributed by atoms with Crippen molar-refractivity contribution in [1.29, 1.82) is 0 Å². The summed E-state index contributed by atoms with van der Waals surface area (Å²) in [5.74, 6) is 0. The smallest absolute Gasteiger partial charge is 0.173 e. The van der Waals surface area contributed by atoms with Crippen molar-refractivity contribution in [3.63, 3.8) is 0 Å². The van der Waals surface area contributed by atoms with E-state index in [4.69, 9.17) is 12.2 Å². The van der Waals surface area contributed by atoms with Gasteiger partial charge >= 0.3 is 0 Å². The molecule has 0 radical (unpaired) electrons. The highest BCUT2D eigenvalue weighted by atomic mass is 32.1. The van der Waals surface area contributed by atoms with E-state index in [9.17, 15) is 0 Å². The van der Waals surface area contributed by atoms with Crippen LogP contribution in [0.4, 0.5) is 5.69 Å². The van der Waals surface area contributed by atoms with Crippen molar-refractivity contribution in [2.75, 3.05) is 18.4 Å². The Balaban J connectivity index is 2.72. The number of aryl methyl sites for hydroxylation is 2. The summed E-state index contributed by atoms with van der Waals surface area (Å²) in [7, 11) is 0. The van der Waals surface area contributed by atoms with Crippen LogP contribution < -0.4 is 5.32 Å². The Morgan fingerprint density at radius 3 is 2.28 bits per heavy atom. The van der Waals surface area contributed by atoms with E-state index >= 15 is 0 Å². The summed E-state index contributed by atoms with van der Waals surface area (Å²) in [6, 6.07) is 6.39. The van der Waals surface area contributed by atoms with Gasteiger partial charge in [-0.05, 0) is 50.5 Å². The predicted molar refractivity (Wildman–Crippen MR) is 84.3 cm³/mol. The van der Waals surface area contributed by atoms with Gasteiger partial charge in [0.1, 0.15) is 0 Å². The summed E-state index contributed by atoms with van der Waals surface area (Å²) < 4.78 is 0. The van der Waals surface area contributed by atoms with Crippen molar-refractivity contribution in [1.82, 2.24) is 4.90 Å². The maximum Gasteiger partial charge on any atom is 0.173 e. The molecule has 0 aliphatic heterocycles. The number of rotatable bonds is 5. The van der Waals surface area contributed by atoms with Crippen molar-refractivity contribution in [3.8, 4) is 0 Å². The second-order valence-electron chi connectivity index (χ2n) is 4.74. The molecule has 2 nitrogen and oxygen atoms in total. The molecule has 0 spiro atoms. The minimum atomic E-state index is 0.839. The minimum absolute atomic E-state index is 0.839. The molecule has 18 heavy (non-hydrogen) atoms. The lowest BCUT2D eigenvalue weighted by atomic mass is 10.1. The first-order chi connectivity index (χ1) is 8.58. The van der Waals surface area contributed by atoms with E-state index in [1.807, 2.05) is 0 Å². The maximum absolute atomic E-state index is 5.50. The topological polar surface area (TPSA) is 15.3 Å². The van der Waals surface area contributed by atoms with Gasteiger partial charge in [-0.3, -0.25) is 0 Å². The zero-order valence-electron chi connectivity index (χ0n) is 11.9. The lowest BCUT2D eigenvalue weighted by Crippen LogP contribution is -2.36. The van der Waals surface area contributed by atoms with Gasteiger partial charge in [-0.25, -0.2) is 0 Å². The van der Waals surface area contributed by atoms with Gasteiger partial charge < -0.3 is 10.2 Å². The fraction of sp³-hybridized carbons (Fsp3) is 0.533. The number of benzene rings is 1. The highest BCUT2D eigenvalue weighted by molar-refractivity contribution is 7.80. The van der Waals surface area contributed by atoms with Crippen molar-refractivity contribution in [2.45, 2.75) is 40.5 Å². The summed E-state index contributed by atoms with van der Waals surface area (Å²) in [4.78, 5) is 2.24. The molecular weight excluding hydrogens is 240 g/mol. The number of hydrogen-bond acceptors (Lipinski definition) is 1. The molecule has 100 valence electrons. The number of nitrogens with zero attached hydrogens (tertiary/aromatic N) is 1. The third-order valence-electron chi connectivity index (χ3n) is 2.90. The lowest BCUT2D eigenvalue weighted by molar-refractivity contribution is 0.423. The molecule has 1 aromatic carbocycles. The van der Waals surface area contributed by atoms with E-state index in [0.717, 1.165) is 36.7 Å². The maximum atomic E-state index is 5.50. The first kappa shape index (κ1) is 15.0. The Bertz CT molecular complexity index is 395. The van der Waals surface area contributed by atoms with Gasteiger partial charge in [0, 0.05) is 18.8 Å². The molecule has 1 N–H and O–H groups in total. The fourth-order valence-electron chi connectivity index (χ4n) is 2.00. The molecule has 1 rings (SSSR count). The second-order valence-corrected chi connectivity index (χ2v) is 5.12. The Morgan fingerprint density at radius 2 is 1.78 bits per heavy atom. The number of hydrogen-bond donors (Lipinski definition) is 1. The summed E-state index contributed by atoms with van der Waals surface area (Å²) in [6.07, 6.45) is 2.24. The summed E-state index contributed by atoms with van der Waals surface area (Å²) in [5, 5.41) is 4.20. The number of nitrogens with one attached hydrogen (secondary N) is 1. The van der Waals surface area contributed by atoms with E-state index in [1.165, 1.54) is 11.1 Å². The molecule has 0 fully saturated rings. The normalized spacial score (nSPS) is 10.2. The van der Waals surface area contributed by atoms with Crippen LogP contribution >= 0.6 is 12.2 Å². The van der Waals surface area contributed by atoms with E-state index in [-0.39, 0.29) is 0 Å². The van der Waals surface area contributed by atoms with E-state index < -0.39 is 0 Å². The highest BCUT2D eigenvalue weighted by Gasteiger charge is 2.08. The first-order valence-corrected chi connectivity index (χ1v) is 7.12. The minimum Gasteiger partial charge on any atom is -0.349 e. The van der Waals surface area contributed by atoms with Crippen molar-refractivity contribution in [3.05, 3.63) is 29.3 Å². The Morgan fingerprint density at radius 1 is 1.17 bits per heavy atom. The molecule has 0 aliphatic rings. The van der Waals surface area contributed by atoms with Gasteiger partial charge in [0.15, 0.2) is 5.11 Å². The van der Waals surface area contributed by atoms with Gasteiger partial charge in [-0.2, -0.15) is 0 Å². The van der Waals surface area contributed by atoms with Crippen LogP contribution in [-0.2, 0) is 0 Å². The van der Waals surface area contributed by atoms with Crippen LogP contribution in [0, 0.1) is 13.8 Å². The average Bonchev–Trinajstić information content (AvgIpc) is 2.32. The van der Waals surface area contributed by atoms with Crippen molar-refractivity contribution in [2.24, 2.45) is 0 Å². The van der Waals surface area contributed by atoms with E-state index in [2.05, 4.69) is 56.1 Å². The average molecular weight is 264 g/mol. The molecule has 1 aromatic rings. The molecule has 3 heteroatoms. The van der Waals surface area contributed by atoms with Gasteiger partial charge in [0.25, 0.3) is 0 Å². The summed E-state index contributed by atoms with van der Waals surface area (Å²) >= 11 is 5.50. The largest absolute Gasteiger partial charge is 0.349 e. The molecule has 0 amide bonds. The molecule has 0 unspecified atom stereocenters. The zero-order valence-corrected chi connectivity index (χ0v) is 12.7. The van der Waals surface area contributed by atoms with E-state index in [1.54, 1.807) is 0 Å². The monoisotopic (exact) mass is 264 g/mol. The molecule has 0 saturated heterocycles. The van der Waals surface area contributed by atoms with Gasteiger partial charge in [0.2, 0.25) is 0 Å². The predicted octanol–water partition coefficient (Wildman–Crippen LogP) is 4.12. The third kappa shape index (κ3) is 4.30. The molecule has 0 aliphatic carbocycles. The van der Waals surface area contributed by atoms with Crippen molar-refractivity contribution < 1.29 is 0 Å². The Kier molecular flexibility index (Phi) is 6.13. The first-order valence-electron chi connectivity index (χ1n) is 6.71. The molecule has 0 heterocycles. The molecule has 0 aromatic heterocycles. The molecular formula is C15H24N2S. The van der Waals surface area contributed by atoms with E-state index in [0.29, 0.717) is 0 Å². The highest BCUT2D eigenvalue weighted by Crippen LogP contribution is 2.16. The summed E-state index contributed by atoms with van der Waals surface area (Å²) in [5.41, 5.74) is 3.64. The second kappa shape index (κ2) is 7.37.